The van der Waals surface area contributed by atoms with E-state index >= 15 is 0 Å². The summed E-state index contributed by atoms with van der Waals surface area (Å²) >= 11 is 0. The van der Waals surface area contributed by atoms with Crippen LogP contribution in [0.1, 0.15) is 32.6 Å². The smallest absolute Gasteiger partial charge is 0.182 e. The topological polar surface area (TPSA) is 78.6 Å². The number of hydrogen-bond acceptors (Lipinski definition) is 5. The first-order valence-corrected chi connectivity index (χ1v) is 7.93. The maximum Gasteiger partial charge on any atom is 0.182 e. The largest absolute Gasteiger partial charge is 0.346 e. The number of nitrogens with two attached hydrogens (primary N) is 1. The van der Waals surface area contributed by atoms with Crippen LogP contribution in [0.4, 0.5) is 0 Å². The van der Waals surface area contributed by atoms with Gasteiger partial charge in [0, 0.05) is 0 Å². The lowest BCUT2D eigenvalue weighted by Gasteiger charge is -2.34. The van der Waals surface area contributed by atoms with Crippen molar-refractivity contribution in [3.8, 4) is 0 Å². The van der Waals surface area contributed by atoms with Crippen molar-refractivity contribution < 1.29 is 17.9 Å². The number of sulfone groups is 1. The van der Waals surface area contributed by atoms with Gasteiger partial charge in [0.05, 0.1) is 18.5 Å². The molecule has 0 aromatic heterocycles. The molecule has 0 amide bonds. The van der Waals surface area contributed by atoms with Gasteiger partial charge in [-0.2, -0.15) is 0 Å². The molecular formula is C11H21NO4S. The molecule has 0 aliphatic carbocycles. The summed E-state index contributed by atoms with van der Waals surface area (Å²) in [4.78, 5) is 0. The van der Waals surface area contributed by atoms with Gasteiger partial charge < -0.3 is 15.2 Å². The summed E-state index contributed by atoms with van der Waals surface area (Å²) in [5.41, 5.74) is 5.47. The molecule has 3 atom stereocenters. The van der Waals surface area contributed by atoms with E-state index in [0.29, 0.717) is 26.0 Å². The molecule has 2 aliphatic rings. The first-order valence-electron chi connectivity index (χ1n) is 6.21. The summed E-state index contributed by atoms with van der Waals surface area (Å²) in [5, 5.41) is -0.522. The molecular weight excluding hydrogens is 242 g/mol. The Morgan fingerprint density at radius 1 is 1.41 bits per heavy atom. The molecule has 0 radical (unpaired) electrons. The van der Waals surface area contributed by atoms with E-state index in [-0.39, 0.29) is 11.9 Å². The molecule has 3 unspecified atom stereocenters. The first-order chi connectivity index (χ1) is 7.98. The van der Waals surface area contributed by atoms with Gasteiger partial charge in [-0.05, 0) is 32.7 Å². The maximum absolute atomic E-state index is 12.1. The van der Waals surface area contributed by atoms with Crippen molar-refractivity contribution in [2.24, 2.45) is 5.73 Å². The van der Waals surface area contributed by atoms with Gasteiger partial charge in [-0.15, -0.1) is 0 Å². The normalized spacial score (nSPS) is 41.5. The zero-order valence-corrected chi connectivity index (χ0v) is 11.0. The maximum atomic E-state index is 12.1. The van der Waals surface area contributed by atoms with E-state index in [2.05, 4.69) is 0 Å². The van der Waals surface area contributed by atoms with Crippen molar-refractivity contribution in [1.29, 1.82) is 0 Å². The summed E-state index contributed by atoms with van der Waals surface area (Å²) in [6.07, 6.45) is 2.95. The van der Waals surface area contributed by atoms with Crippen LogP contribution in [0, 0.1) is 0 Å². The van der Waals surface area contributed by atoms with Gasteiger partial charge in [-0.1, -0.05) is 6.42 Å². The molecule has 2 rings (SSSR count). The molecule has 0 spiro atoms. The molecule has 2 fully saturated rings. The average molecular weight is 263 g/mol. The van der Waals surface area contributed by atoms with Crippen LogP contribution in [0.5, 0.6) is 0 Å². The Bertz CT molecular complexity index is 370. The Morgan fingerprint density at radius 3 is 2.82 bits per heavy atom. The number of rotatable bonds is 3. The summed E-state index contributed by atoms with van der Waals surface area (Å²) in [7, 11) is -3.09. The van der Waals surface area contributed by atoms with Gasteiger partial charge in [0.2, 0.25) is 0 Å². The fraction of sp³-hybridized carbons (Fsp3) is 1.00. The molecule has 2 saturated heterocycles. The fourth-order valence-corrected chi connectivity index (χ4v) is 4.89. The number of ether oxygens (including phenoxy) is 2. The molecule has 6 heteroatoms. The summed E-state index contributed by atoms with van der Waals surface area (Å²) in [5.74, 6) is -0.722. The summed E-state index contributed by atoms with van der Waals surface area (Å²) < 4.78 is 35.5. The highest BCUT2D eigenvalue weighted by atomic mass is 32.2. The van der Waals surface area contributed by atoms with Crippen molar-refractivity contribution in [3.05, 3.63) is 0 Å². The highest BCUT2D eigenvalue weighted by Gasteiger charge is 2.50. The third kappa shape index (κ3) is 2.65. The van der Waals surface area contributed by atoms with Gasteiger partial charge in [0.15, 0.2) is 15.6 Å². The summed E-state index contributed by atoms with van der Waals surface area (Å²) in [6, 6.07) is 0. The Labute approximate surface area is 103 Å². The van der Waals surface area contributed by atoms with Crippen LogP contribution >= 0.6 is 0 Å². The molecule has 17 heavy (non-hydrogen) atoms. The van der Waals surface area contributed by atoms with E-state index in [1.54, 1.807) is 6.92 Å². The van der Waals surface area contributed by atoms with Crippen molar-refractivity contribution in [3.63, 3.8) is 0 Å². The van der Waals surface area contributed by atoms with Crippen LogP contribution < -0.4 is 5.73 Å². The van der Waals surface area contributed by atoms with Crippen molar-refractivity contribution in [2.75, 3.05) is 18.9 Å². The van der Waals surface area contributed by atoms with Crippen LogP contribution in [-0.4, -0.2) is 44.5 Å². The van der Waals surface area contributed by atoms with Crippen LogP contribution in [-0.2, 0) is 19.3 Å². The Morgan fingerprint density at radius 2 is 2.18 bits per heavy atom. The Balaban J connectivity index is 2.11. The Kier molecular flexibility index (Phi) is 3.77. The predicted octanol–water partition coefficient (Wildman–Crippen LogP) is 0.434. The molecule has 2 heterocycles. The number of hydrogen-bond donors (Lipinski definition) is 1. The van der Waals surface area contributed by atoms with E-state index in [1.165, 1.54) is 0 Å². The van der Waals surface area contributed by atoms with Gasteiger partial charge in [0.1, 0.15) is 5.25 Å². The zero-order valence-electron chi connectivity index (χ0n) is 10.2. The van der Waals surface area contributed by atoms with Crippen LogP contribution in [0.25, 0.3) is 0 Å². The highest BCUT2D eigenvalue weighted by molar-refractivity contribution is 7.92. The molecule has 0 saturated carbocycles. The molecule has 5 nitrogen and oxygen atoms in total. The standard InChI is InChI=1S/C11H21NO4S/c1-11(15-8-9(16-11)5-6-12)10-4-2-3-7-17(10,13)14/h9-10H,2-8,12H2,1H3. The van der Waals surface area contributed by atoms with E-state index in [9.17, 15) is 8.42 Å². The minimum Gasteiger partial charge on any atom is -0.346 e. The third-order valence-corrected chi connectivity index (χ3v) is 6.00. The lowest BCUT2D eigenvalue weighted by Crippen LogP contribution is -2.48. The molecule has 2 N–H and O–H groups in total. The summed E-state index contributed by atoms with van der Waals surface area (Å²) in [6.45, 7) is 2.72. The van der Waals surface area contributed by atoms with Gasteiger partial charge in [-0.25, -0.2) is 8.42 Å². The van der Waals surface area contributed by atoms with Crippen LogP contribution in [0.15, 0.2) is 0 Å². The lowest BCUT2D eigenvalue weighted by molar-refractivity contribution is -0.156. The van der Waals surface area contributed by atoms with Gasteiger partial charge >= 0.3 is 0 Å². The zero-order chi connectivity index (χ0) is 12.5. The minimum atomic E-state index is -3.09. The fourth-order valence-electron chi connectivity index (χ4n) is 2.70. The first kappa shape index (κ1) is 13.3. The molecule has 2 aliphatic heterocycles. The van der Waals surface area contributed by atoms with Crippen molar-refractivity contribution in [1.82, 2.24) is 0 Å². The van der Waals surface area contributed by atoms with E-state index in [0.717, 1.165) is 12.8 Å². The minimum absolute atomic E-state index is 0.0675. The lowest BCUT2D eigenvalue weighted by atomic mass is 10.1. The van der Waals surface area contributed by atoms with E-state index < -0.39 is 20.9 Å². The monoisotopic (exact) mass is 263 g/mol. The van der Waals surface area contributed by atoms with E-state index in [1.807, 2.05) is 0 Å². The molecule has 100 valence electrons. The molecule has 0 aromatic rings. The van der Waals surface area contributed by atoms with Crippen LogP contribution in [0.3, 0.4) is 0 Å². The van der Waals surface area contributed by atoms with Crippen molar-refractivity contribution in [2.45, 2.75) is 49.7 Å². The average Bonchev–Trinajstić information content (AvgIpc) is 2.61. The second-order valence-electron chi connectivity index (χ2n) is 5.00. The Hall–Kier alpha value is -0.170. The van der Waals surface area contributed by atoms with Crippen LogP contribution in [0.2, 0.25) is 0 Å². The second-order valence-corrected chi connectivity index (χ2v) is 7.30. The van der Waals surface area contributed by atoms with E-state index in [4.69, 9.17) is 15.2 Å². The van der Waals surface area contributed by atoms with Gasteiger partial charge in [0.25, 0.3) is 0 Å². The highest BCUT2D eigenvalue weighted by Crippen LogP contribution is 2.36. The molecule has 0 aromatic carbocycles. The predicted molar refractivity (Wildman–Crippen MR) is 64.3 cm³/mol. The quantitative estimate of drug-likeness (QED) is 0.799. The third-order valence-electron chi connectivity index (χ3n) is 3.61. The van der Waals surface area contributed by atoms with Crippen molar-refractivity contribution >= 4 is 9.84 Å². The van der Waals surface area contributed by atoms with Gasteiger partial charge in [-0.3, -0.25) is 0 Å². The second kappa shape index (κ2) is 4.84. The SMILES string of the molecule is CC1(C2CCCCS2(=O)=O)OCC(CCN)O1. The molecule has 0 bridgehead atoms.